The lowest BCUT2D eigenvalue weighted by Gasteiger charge is -2.16. The number of likely N-dealkylation sites (tertiary alicyclic amines) is 1. The molecule has 0 aromatic heterocycles. The third-order valence-corrected chi connectivity index (χ3v) is 4.72. The Morgan fingerprint density at radius 1 is 1.26 bits per heavy atom. The van der Waals surface area contributed by atoms with Crippen LogP contribution in [0.4, 0.5) is 0 Å². The molecule has 1 fully saturated rings. The van der Waals surface area contributed by atoms with Gasteiger partial charge in [-0.2, -0.15) is 0 Å². The first-order valence-electron chi connectivity index (χ1n) is 7.52. The highest BCUT2D eigenvalue weighted by atomic mass is 32.2. The van der Waals surface area contributed by atoms with E-state index in [-0.39, 0.29) is 11.7 Å². The van der Waals surface area contributed by atoms with Crippen molar-refractivity contribution in [2.24, 2.45) is 0 Å². The fourth-order valence-corrected chi connectivity index (χ4v) is 3.27. The van der Waals surface area contributed by atoms with Gasteiger partial charge in [0, 0.05) is 18.0 Å². The third-order valence-electron chi connectivity index (χ3n) is 3.66. The predicted molar refractivity (Wildman–Crippen MR) is 87.5 cm³/mol. The van der Waals surface area contributed by atoms with Crippen LogP contribution >= 0.6 is 11.8 Å². The molecule has 0 unspecified atom stereocenters. The molecule has 1 atom stereocenters. The molecule has 2 N–H and O–H groups in total. The highest BCUT2D eigenvalue weighted by Gasteiger charge is 2.20. The molecule has 0 spiro atoms. The Morgan fingerprint density at radius 2 is 1.91 bits per heavy atom. The molecule has 1 aliphatic heterocycles. The number of carbonyl (C=O) groups is 3. The Hall–Kier alpha value is -2.02. The van der Waals surface area contributed by atoms with Crippen molar-refractivity contribution in [2.75, 3.05) is 18.8 Å². The van der Waals surface area contributed by atoms with Gasteiger partial charge in [0.15, 0.2) is 0 Å². The minimum Gasteiger partial charge on any atom is -0.480 e. The molecule has 23 heavy (non-hydrogen) atoms. The van der Waals surface area contributed by atoms with E-state index in [9.17, 15) is 14.4 Å². The minimum atomic E-state index is -1.09. The van der Waals surface area contributed by atoms with E-state index in [1.807, 2.05) is 4.90 Å². The molecule has 1 aromatic rings. The van der Waals surface area contributed by atoms with Crippen molar-refractivity contribution >= 4 is 29.5 Å². The average molecular weight is 336 g/mol. The molecule has 1 aliphatic rings. The summed E-state index contributed by atoms with van der Waals surface area (Å²) in [6, 6.07) is 5.94. The molecule has 7 heteroatoms. The fraction of sp³-hybridized carbons (Fsp3) is 0.438. The number of benzene rings is 1. The van der Waals surface area contributed by atoms with Gasteiger partial charge in [-0.05, 0) is 31.9 Å². The second-order valence-electron chi connectivity index (χ2n) is 5.41. The Labute approximate surface area is 139 Å². The number of amides is 2. The average Bonchev–Trinajstić information content (AvgIpc) is 3.07. The van der Waals surface area contributed by atoms with Crippen LogP contribution < -0.4 is 5.32 Å². The van der Waals surface area contributed by atoms with E-state index in [2.05, 4.69) is 5.32 Å². The second-order valence-corrected chi connectivity index (χ2v) is 6.42. The van der Waals surface area contributed by atoms with Crippen molar-refractivity contribution in [1.29, 1.82) is 0 Å². The number of hydrogen-bond acceptors (Lipinski definition) is 4. The number of rotatable bonds is 6. The zero-order valence-electron chi connectivity index (χ0n) is 12.9. The molecule has 124 valence electrons. The van der Waals surface area contributed by atoms with Crippen LogP contribution in [-0.4, -0.2) is 52.7 Å². The Bertz CT molecular complexity index is 599. The van der Waals surface area contributed by atoms with Crippen LogP contribution in [0.2, 0.25) is 0 Å². The van der Waals surface area contributed by atoms with Crippen molar-refractivity contribution in [3.8, 4) is 0 Å². The monoisotopic (exact) mass is 336 g/mol. The van der Waals surface area contributed by atoms with Crippen molar-refractivity contribution in [3.63, 3.8) is 0 Å². The summed E-state index contributed by atoms with van der Waals surface area (Å²) in [5, 5.41) is 11.3. The van der Waals surface area contributed by atoms with Crippen LogP contribution in [-0.2, 0) is 9.59 Å². The molecule has 0 radical (unpaired) electrons. The van der Waals surface area contributed by atoms with Gasteiger partial charge >= 0.3 is 5.97 Å². The largest absolute Gasteiger partial charge is 0.480 e. The first-order chi connectivity index (χ1) is 11.0. The van der Waals surface area contributed by atoms with Gasteiger partial charge in [-0.3, -0.25) is 14.4 Å². The first-order valence-corrected chi connectivity index (χ1v) is 8.51. The number of thioether (sulfide) groups is 1. The normalized spacial score (nSPS) is 15.3. The van der Waals surface area contributed by atoms with Crippen LogP contribution in [0.1, 0.15) is 30.1 Å². The van der Waals surface area contributed by atoms with E-state index in [0.29, 0.717) is 10.5 Å². The summed E-state index contributed by atoms with van der Waals surface area (Å²) in [6.07, 6.45) is 2.09. The highest BCUT2D eigenvalue weighted by molar-refractivity contribution is 8.00. The smallest absolute Gasteiger partial charge is 0.325 e. The van der Waals surface area contributed by atoms with Crippen LogP contribution in [0.3, 0.4) is 0 Å². The topological polar surface area (TPSA) is 86.7 Å². The lowest BCUT2D eigenvalue weighted by molar-refractivity contribution is -0.138. The van der Waals surface area contributed by atoms with Crippen LogP contribution in [0.5, 0.6) is 0 Å². The Kier molecular flexibility index (Phi) is 6.04. The number of aliphatic carboxylic acids is 1. The standard InChI is InChI=1S/C16H20N2O4S/c1-11(16(21)22)17-15(20)12-6-2-3-7-13(12)23-10-14(19)18-8-4-5-9-18/h2-3,6-7,11H,4-5,8-10H2,1H3,(H,17,20)(H,21,22)/t11-/m1/s1. The first kappa shape index (κ1) is 17.3. The second kappa shape index (κ2) is 8.01. The number of nitrogens with one attached hydrogen (secondary N) is 1. The predicted octanol–water partition coefficient (Wildman–Crippen LogP) is 1.60. The van der Waals surface area contributed by atoms with Gasteiger partial charge in [0.25, 0.3) is 5.91 Å². The quantitative estimate of drug-likeness (QED) is 0.771. The molecule has 2 amide bonds. The number of carbonyl (C=O) groups excluding carboxylic acids is 2. The summed E-state index contributed by atoms with van der Waals surface area (Å²) in [5.74, 6) is -1.19. The van der Waals surface area contributed by atoms with Gasteiger partial charge in [0.2, 0.25) is 5.91 Å². The van der Waals surface area contributed by atoms with Crippen LogP contribution in [0.15, 0.2) is 29.2 Å². The number of carboxylic acids is 1. The maximum Gasteiger partial charge on any atom is 0.325 e. The molecule has 1 aromatic carbocycles. The zero-order chi connectivity index (χ0) is 16.8. The van der Waals surface area contributed by atoms with Crippen molar-refractivity contribution in [1.82, 2.24) is 10.2 Å². The lowest BCUT2D eigenvalue weighted by Crippen LogP contribution is -2.38. The fourth-order valence-electron chi connectivity index (χ4n) is 2.31. The summed E-state index contributed by atoms with van der Waals surface area (Å²) in [6.45, 7) is 3.02. The van der Waals surface area contributed by atoms with E-state index in [0.717, 1.165) is 25.9 Å². The van der Waals surface area contributed by atoms with Crippen molar-refractivity contribution in [3.05, 3.63) is 29.8 Å². The number of nitrogens with zero attached hydrogens (tertiary/aromatic N) is 1. The molecule has 0 bridgehead atoms. The molecule has 1 heterocycles. The summed E-state index contributed by atoms with van der Waals surface area (Å²) in [7, 11) is 0. The van der Waals surface area contributed by atoms with Crippen LogP contribution in [0, 0.1) is 0 Å². The maximum atomic E-state index is 12.2. The SMILES string of the molecule is C[C@@H](NC(=O)c1ccccc1SCC(=O)N1CCCC1)C(=O)O. The van der Waals surface area contributed by atoms with Gasteiger partial charge in [-0.15, -0.1) is 11.8 Å². The molecule has 0 saturated carbocycles. The van der Waals surface area contributed by atoms with Gasteiger partial charge in [0.05, 0.1) is 11.3 Å². The van der Waals surface area contributed by atoms with E-state index >= 15 is 0 Å². The number of hydrogen-bond donors (Lipinski definition) is 2. The van der Waals surface area contributed by atoms with Gasteiger partial charge < -0.3 is 15.3 Å². The van der Waals surface area contributed by atoms with Crippen LogP contribution in [0.25, 0.3) is 0 Å². The molecule has 6 nitrogen and oxygen atoms in total. The molecule has 0 aliphatic carbocycles. The molecular formula is C16H20N2O4S. The Morgan fingerprint density at radius 3 is 2.57 bits per heavy atom. The summed E-state index contributed by atoms with van der Waals surface area (Å²) < 4.78 is 0. The summed E-state index contributed by atoms with van der Waals surface area (Å²) in [5.41, 5.74) is 0.389. The van der Waals surface area contributed by atoms with E-state index < -0.39 is 17.9 Å². The van der Waals surface area contributed by atoms with Crippen molar-refractivity contribution in [2.45, 2.75) is 30.7 Å². The summed E-state index contributed by atoms with van der Waals surface area (Å²) in [4.78, 5) is 37.6. The van der Waals surface area contributed by atoms with Gasteiger partial charge in [-0.25, -0.2) is 0 Å². The van der Waals surface area contributed by atoms with Crippen molar-refractivity contribution < 1.29 is 19.5 Å². The Balaban J connectivity index is 2.00. The lowest BCUT2D eigenvalue weighted by atomic mass is 10.2. The third kappa shape index (κ3) is 4.72. The summed E-state index contributed by atoms with van der Waals surface area (Å²) >= 11 is 1.31. The maximum absolute atomic E-state index is 12.2. The van der Waals surface area contributed by atoms with Gasteiger partial charge in [0.1, 0.15) is 6.04 Å². The van der Waals surface area contributed by atoms with E-state index in [4.69, 9.17) is 5.11 Å². The number of carboxylic acid groups (broad SMARTS) is 1. The van der Waals surface area contributed by atoms with E-state index in [1.165, 1.54) is 18.7 Å². The zero-order valence-corrected chi connectivity index (χ0v) is 13.8. The van der Waals surface area contributed by atoms with Gasteiger partial charge in [-0.1, -0.05) is 12.1 Å². The minimum absolute atomic E-state index is 0.0709. The molecular weight excluding hydrogens is 316 g/mol. The molecule has 1 saturated heterocycles. The highest BCUT2D eigenvalue weighted by Crippen LogP contribution is 2.23. The molecule has 2 rings (SSSR count). The van der Waals surface area contributed by atoms with E-state index in [1.54, 1.807) is 24.3 Å².